The van der Waals surface area contributed by atoms with Crippen LogP contribution in [0.15, 0.2) is 59.6 Å². The van der Waals surface area contributed by atoms with Gasteiger partial charge in [-0.2, -0.15) is 0 Å². The average Bonchev–Trinajstić information content (AvgIpc) is 2.82. The summed E-state index contributed by atoms with van der Waals surface area (Å²) in [7, 11) is 0. The lowest BCUT2D eigenvalue weighted by Gasteiger charge is -2.18. The number of rotatable bonds is 6. The Hall–Kier alpha value is -4.44. The van der Waals surface area contributed by atoms with Crippen molar-refractivity contribution in [2.24, 2.45) is 4.99 Å². The van der Waals surface area contributed by atoms with Gasteiger partial charge in [0, 0.05) is 30.3 Å². The number of carbonyl (C=O) groups excluding carboxylic acids is 2. The highest BCUT2D eigenvalue weighted by Gasteiger charge is 2.19. The standard InChI is InChI=1S/C29H30N4O3/c1-8-29(6,7)23-11-9-10-22(16-23)28(35)33-24-13-12-18(2)26(17-24)36-27-15-14-25(19(3)30-27)32-20(4)31-21(5)34/h1,9-17H,2-7H3,(H,33,35)(H,31,32,34). The van der Waals surface area contributed by atoms with Gasteiger partial charge in [0.2, 0.25) is 11.8 Å². The summed E-state index contributed by atoms with van der Waals surface area (Å²) in [6.07, 6.45) is 5.65. The molecule has 0 aliphatic carbocycles. The summed E-state index contributed by atoms with van der Waals surface area (Å²) in [5.74, 6) is 3.76. The third-order valence-electron chi connectivity index (χ3n) is 5.55. The molecule has 0 saturated carbocycles. The molecular formula is C29H30N4O3. The van der Waals surface area contributed by atoms with Crippen molar-refractivity contribution in [2.75, 3.05) is 5.32 Å². The smallest absolute Gasteiger partial charge is 0.255 e. The zero-order chi connectivity index (χ0) is 26.5. The van der Waals surface area contributed by atoms with Gasteiger partial charge in [-0.05, 0) is 70.0 Å². The van der Waals surface area contributed by atoms with Crippen LogP contribution >= 0.6 is 0 Å². The predicted octanol–water partition coefficient (Wildman–Crippen LogP) is 5.84. The molecule has 3 aromatic rings. The first kappa shape index (κ1) is 26.2. The molecule has 2 N–H and O–H groups in total. The molecular weight excluding hydrogens is 452 g/mol. The fourth-order valence-electron chi connectivity index (χ4n) is 3.41. The highest BCUT2D eigenvalue weighted by atomic mass is 16.5. The van der Waals surface area contributed by atoms with E-state index in [1.54, 1.807) is 31.2 Å². The molecule has 36 heavy (non-hydrogen) atoms. The van der Waals surface area contributed by atoms with Crippen LogP contribution in [0.1, 0.15) is 54.9 Å². The Morgan fingerprint density at radius 1 is 1.06 bits per heavy atom. The van der Waals surface area contributed by atoms with Crippen LogP contribution in [-0.2, 0) is 10.2 Å². The maximum atomic E-state index is 12.9. The van der Waals surface area contributed by atoms with E-state index in [0.717, 1.165) is 11.1 Å². The van der Waals surface area contributed by atoms with E-state index < -0.39 is 5.41 Å². The maximum Gasteiger partial charge on any atom is 0.255 e. The fourth-order valence-corrected chi connectivity index (χ4v) is 3.41. The molecule has 0 atom stereocenters. The molecule has 2 aromatic carbocycles. The fraction of sp³-hybridized carbons (Fsp3) is 0.241. The average molecular weight is 483 g/mol. The molecule has 0 fully saturated rings. The lowest BCUT2D eigenvalue weighted by molar-refractivity contribution is -0.117. The topological polar surface area (TPSA) is 92.7 Å². The SMILES string of the molecule is C#CC(C)(C)c1cccc(C(=O)Nc2ccc(C)c(Oc3ccc(N=C(C)NC(C)=O)c(C)n3)c2)c1. The van der Waals surface area contributed by atoms with Crippen LogP contribution in [0.25, 0.3) is 0 Å². The number of amides is 2. The zero-order valence-corrected chi connectivity index (χ0v) is 21.4. The van der Waals surface area contributed by atoms with Crippen molar-refractivity contribution < 1.29 is 14.3 Å². The van der Waals surface area contributed by atoms with E-state index >= 15 is 0 Å². The molecule has 0 bridgehead atoms. The Kier molecular flexibility index (Phi) is 7.90. The van der Waals surface area contributed by atoms with Crippen molar-refractivity contribution in [3.8, 4) is 24.0 Å². The van der Waals surface area contributed by atoms with Crippen LogP contribution in [0.5, 0.6) is 11.6 Å². The number of pyridine rings is 1. The van der Waals surface area contributed by atoms with Crippen molar-refractivity contribution in [2.45, 2.75) is 47.0 Å². The number of nitrogens with zero attached hydrogens (tertiary/aromatic N) is 2. The van der Waals surface area contributed by atoms with Crippen LogP contribution in [0.4, 0.5) is 11.4 Å². The summed E-state index contributed by atoms with van der Waals surface area (Å²) in [6.45, 7) is 10.7. The van der Waals surface area contributed by atoms with Gasteiger partial charge in [-0.1, -0.05) is 24.1 Å². The van der Waals surface area contributed by atoms with Crippen molar-refractivity contribution in [1.29, 1.82) is 0 Å². The largest absolute Gasteiger partial charge is 0.439 e. The number of hydrogen-bond acceptors (Lipinski definition) is 5. The summed E-state index contributed by atoms with van der Waals surface area (Å²) < 4.78 is 6.02. The first-order chi connectivity index (χ1) is 17.0. The van der Waals surface area contributed by atoms with Crippen molar-refractivity contribution >= 4 is 29.0 Å². The van der Waals surface area contributed by atoms with Gasteiger partial charge in [-0.3, -0.25) is 9.59 Å². The van der Waals surface area contributed by atoms with Crippen molar-refractivity contribution in [3.63, 3.8) is 0 Å². The Morgan fingerprint density at radius 2 is 1.81 bits per heavy atom. The van der Waals surface area contributed by atoms with E-state index in [1.165, 1.54) is 6.92 Å². The molecule has 0 aliphatic heterocycles. The summed E-state index contributed by atoms with van der Waals surface area (Å²) in [6, 6.07) is 16.2. The summed E-state index contributed by atoms with van der Waals surface area (Å²) in [4.78, 5) is 33.0. The zero-order valence-electron chi connectivity index (χ0n) is 21.4. The van der Waals surface area contributed by atoms with E-state index in [4.69, 9.17) is 11.2 Å². The molecule has 0 spiro atoms. The molecule has 7 nitrogen and oxygen atoms in total. The van der Waals surface area contributed by atoms with Gasteiger partial charge < -0.3 is 15.4 Å². The van der Waals surface area contributed by atoms with Gasteiger partial charge in [0.1, 0.15) is 11.6 Å². The first-order valence-electron chi connectivity index (χ1n) is 11.5. The lowest BCUT2D eigenvalue weighted by Crippen LogP contribution is -2.25. The van der Waals surface area contributed by atoms with Gasteiger partial charge in [0.15, 0.2) is 0 Å². The quantitative estimate of drug-likeness (QED) is 0.262. The molecule has 0 unspecified atom stereocenters. The van der Waals surface area contributed by atoms with Gasteiger partial charge in [-0.15, -0.1) is 6.42 Å². The van der Waals surface area contributed by atoms with E-state index in [2.05, 4.69) is 26.5 Å². The number of hydrogen-bond donors (Lipinski definition) is 2. The van der Waals surface area contributed by atoms with Gasteiger partial charge in [-0.25, -0.2) is 9.98 Å². The number of terminal acetylenes is 1. The monoisotopic (exact) mass is 482 g/mol. The minimum Gasteiger partial charge on any atom is -0.439 e. The molecule has 7 heteroatoms. The summed E-state index contributed by atoms with van der Waals surface area (Å²) in [5, 5.41) is 5.56. The van der Waals surface area contributed by atoms with Crippen LogP contribution in [0, 0.1) is 26.2 Å². The Bertz CT molecular complexity index is 1380. The second-order valence-electron chi connectivity index (χ2n) is 9.02. The van der Waals surface area contributed by atoms with Gasteiger partial charge >= 0.3 is 0 Å². The number of aliphatic imine (C=N–C) groups is 1. The number of anilines is 1. The number of ether oxygens (including phenoxy) is 1. The third kappa shape index (κ3) is 6.57. The summed E-state index contributed by atoms with van der Waals surface area (Å²) in [5.41, 5.74) is 3.68. The number of aromatic nitrogens is 1. The molecule has 1 heterocycles. The van der Waals surface area contributed by atoms with Crippen molar-refractivity contribution in [3.05, 3.63) is 77.0 Å². The number of aryl methyl sites for hydroxylation is 2. The Morgan fingerprint density at radius 3 is 2.47 bits per heavy atom. The highest BCUT2D eigenvalue weighted by molar-refractivity contribution is 6.04. The van der Waals surface area contributed by atoms with E-state index in [1.807, 2.05) is 58.0 Å². The third-order valence-corrected chi connectivity index (χ3v) is 5.55. The molecule has 184 valence electrons. The maximum absolute atomic E-state index is 12.9. The molecule has 3 rings (SSSR count). The highest BCUT2D eigenvalue weighted by Crippen LogP contribution is 2.29. The first-order valence-corrected chi connectivity index (χ1v) is 11.5. The number of amidine groups is 1. The van der Waals surface area contributed by atoms with Crippen molar-refractivity contribution in [1.82, 2.24) is 10.3 Å². The van der Waals surface area contributed by atoms with E-state index in [9.17, 15) is 9.59 Å². The molecule has 0 saturated heterocycles. The number of nitrogens with one attached hydrogen (secondary N) is 2. The number of benzene rings is 2. The Labute approximate surface area is 212 Å². The summed E-state index contributed by atoms with van der Waals surface area (Å²) >= 11 is 0. The minimum absolute atomic E-state index is 0.187. The van der Waals surface area contributed by atoms with Gasteiger partial charge in [0.25, 0.3) is 5.91 Å². The predicted molar refractivity (Wildman–Crippen MR) is 143 cm³/mol. The number of carbonyl (C=O) groups is 2. The van der Waals surface area contributed by atoms with Crippen LogP contribution in [0.2, 0.25) is 0 Å². The van der Waals surface area contributed by atoms with E-state index in [-0.39, 0.29) is 11.8 Å². The second-order valence-corrected chi connectivity index (χ2v) is 9.02. The van der Waals surface area contributed by atoms with Crippen LogP contribution in [-0.4, -0.2) is 22.6 Å². The normalized spacial score (nSPS) is 11.4. The van der Waals surface area contributed by atoms with Gasteiger partial charge in [0.05, 0.1) is 16.8 Å². The lowest BCUT2D eigenvalue weighted by atomic mass is 9.85. The van der Waals surface area contributed by atoms with E-state index in [0.29, 0.717) is 40.1 Å². The van der Waals surface area contributed by atoms with Crippen LogP contribution in [0.3, 0.4) is 0 Å². The molecule has 0 radical (unpaired) electrons. The molecule has 2 amide bonds. The molecule has 1 aromatic heterocycles. The molecule has 0 aliphatic rings. The van der Waals surface area contributed by atoms with Crippen LogP contribution < -0.4 is 15.4 Å². The Balaban J connectivity index is 1.78. The minimum atomic E-state index is -0.476. The second kappa shape index (κ2) is 10.9.